The van der Waals surface area contributed by atoms with Crippen molar-refractivity contribution in [3.8, 4) is 0 Å². The van der Waals surface area contributed by atoms with Crippen molar-refractivity contribution in [2.75, 3.05) is 6.54 Å². The maximum Gasteiger partial charge on any atom is 0.340 e. The molecule has 1 amide bonds. The fraction of sp³-hybridized carbons (Fsp3) is 0.357. The first-order valence-electron chi connectivity index (χ1n) is 6.70. The minimum atomic E-state index is -0.342. The summed E-state index contributed by atoms with van der Waals surface area (Å²) < 4.78 is 0. The van der Waals surface area contributed by atoms with Crippen LogP contribution in [0.1, 0.15) is 18.3 Å². The van der Waals surface area contributed by atoms with Crippen molar-refractivity contribution < 1.29 is 4.79 Å². The van der Waals surface area contributed by atoms with Gasteiger partial charge in [-0.2, -0.15) is 5.10 Å². The van der Waals surface area contributed by atoms with Crippen molar-refractivity contribution in [3.05, 3.63) is 51.2 Å². The normalized spacial score (nSPS) is 12.1. The van der Waals surface area contributed by atoms with Gasteiger partial charge in [0.15, 0.2) is 0 Å². The zero-order valence-electron chi connectivity index (χ0n) is 11.6. The van der Waals surface area contributed by atoms with Crippen LogP contribution < -0.4 is 11.0 Å². The number of nitrogens with zero attached hydrogens (tertiary/aromatic N) is 1. The summed E-state index contributed by atoms with van der Waals surface area (Å²) in [6.07, 6.45) is 1.11. The minimum absolute atomic E-state index is 0.0344. The Bertz CT molecular complexity index is 665. The highest BCUT2D eigenvalue weighted by Crippen LogP contribution is 2.14. The Morgan fingerprint density at radius 1 is 1.48 bits per heavy atom. The van der Waals surface area contributed by atoms with Crippen molar-refractivity contribution in [1.29, 1.82) is 0 Å². The number of nitrogens with one attached hydrogen (secondary N) is 3. The molecule has 1 atom stereocenters. The lowest BCUT2D eigenvalue weighted by molar-refractivity contribution is -0.124. The number of benzene rings is 1. The van der Waals surface area contributed by atoms with E-state index in [9.17, 15) is 9.59 Å². The quantitative estimate of drug-likeness (QED) is 0.751. The number of aromatic nitrogens is 3. The Hall–Kier alpha value is -2.08. The summed E-state index contributed by atoms with van der Waals surface area (Å²) in [7, 11) is 0. The molecule has 0 saturated carbocycles. The van der Waals surface area contributed by atoms with Gasteiger partial charge in [0, 0.05) is 23.9 Å². The lowest BCUT2D eigenvalue weighted by Gasteiger charge is -2.12. The van der Waals surface area contributed by atoms with Gasteiger partial charge in [-0.1, -0.05) is 30.7 Å². The number of aromatic amines is 2. The van der Waals surface area contributed by atoms with E-state index < -0.39 is 0 Å². The summed E-state index contributed by atoms with van der Waals surface area (Å²) in [5, 5.41) is 9.55. The minimum Gasteiger partial charge on any atom is -0.355 e. The molecule has 112 valence electrons. The number of H-pyrrole nitrogens is 2. The second-order valence-corrected chi connectivity index (χ2v) is 5.34. The van der Waals surface area contributed by atoms with Gasteiger partial charge < -0.3 is 5.32 Å². The molecule has 0 aliphatic rings. The standard InChI is InChI=1S/C14H17ClN4O2/c1-9(7-10-3-2-4-11(15)8-10)13(20)16-6-5-12-17-14(21)19-18-12/h2-4,8-9H,5-7H2,1H3,(H,16,20)(H2,17,18,19,21)/t9-/m0/s1. The van der Waals surface area contributed by atoms with Gasteiger partial charge in [0.2, 0.25) is 5.91 Å². The van der Waals surface area contributed by atoms with Crippen LogP contribution in [0.2, 0.25) is 5.02 Å². The highest BCUT2D eigenvalue weighted by Gasteiger charge is 2.13. The fourth-order valence-corrected chi connectivity index (χ4v) is 2.23. The largest absolute Gasteiger partial charge is 0.355 e. The fourth-order valence-electron chi connectivity index (χ4n) is 2.01. The molecule has 0 saturated heterocycles. The van der Waals surface area contributed by atoms with E-state index in [4.69, 9.17) is 11.6 Å². The van der Waals surface area contributed by atoms with E-state index in [1.54, 1.807) is 6.07 Å². The van der Waals surface area contributed by atoms with Gasteiger partial charge >= 0.3 is 5.69 Å². The number of hydrogen-bond donors (Lipinski definition) is 3. The molecule has 0 unspecified atom stereocenters. The van der Waals surface area contributed by atoms with Gasteiger partial charge in [0.1, 0.15) is 5.82 Å². The van der Waals surface area contributed by atoms with Crippen LogP contribution in [0.15, 0.2) is 29.1 Å². The van der Waals surface area contributed by atoms with E-state index in [1.807, 2.05) is 25.1 Å². The zero-order chi connectivity index (χ0) is 15.2. The Morgan fingerprint density at radius 2 is 2.29 bits per heavy atom. The number of carbonyl (C=O) groups is 1. The summed E-state index contributed by atoms with van der Waals surface area (Å²) in [4.78, 5) is 25.4. The summed E-state index contributed by atoms with van der Waals surface area (Å²) in [6.45, 7) is 2.30. The molecule has 6 nitrogen and oxygen atoms in total. The number of halogens is 1. The average Bonchev–Trinajstić information content (AvgIpc) is 2.84. The number of carbonyl (C=O) groups excluding carboxylic acids is 1. The molecule has 2 aromatic rings. The molecule has 1 aromatic carbocycles. The molecule has 21 heavy (non-hydrogen) atoms. The predicted molar refractivity (Wildman–Crippen MR) is 80.2 cm³/mol. The molecule has 1 heterocycles. The van der Waals surface area contributed by atoms with E-state index in [-0.39, 0.29) is 17.5 Å². The lowest BCUT2D eigenvalue weighted by atomic mass is 10.0. The summed E-state index contributed by atoms with van der Waals surface area (Å²) in [6, 6.07) is 7.49. The molecule has 0 spiro atoms. The molecular formula is C14H17ClN4O2. The van der Waals surface area contributed by atoms with Crippen molar-refractivity contribution in [2.45, 2.75) is 19.8 Å². The molecule has 0 aliphatic carbocycles. The second kappa shape index (κ2) is 7.08. The smallest absolute Gasteiger partial charge is 0.340 e. The van der Waals surface area contributed by atoms with Crippen LogP contribution in [0.25, 0.3) is 0 Å². The molecule has 3 N–H and O–H groups in total. The monoisotopic (exact) mass is 308 g/mol. The molecule has 0 bridgehead atoms. The van der Waals surface area contributed by atoms with Crippen LogP contribution in [0.3, 0.4) is 0 Å². The third-order valence-corrected chi connectivity index (χ3v) is 3.32. The Morgan fingerprint density at radius 3 is 2.95 bits per heavy atom. The molecule has 7 heteroatoms. The summed E-state index contributed by atoms with van der Waals surface area (Å²) in [5.74, 6) is 0.345. The highest BCUT2D eigenvalue weighted by molar-refractivity contribution is 6.30. The molecule has 0 aliphatic heterocycles. The van der Waals surface area contributed by atoms with Crippen LogP contribution in [0, 0.1) is 5.92 Å². The highest BCUT2D eigenvalue weighted by atomic mass is 35.5. The molecular weight excluding hydrogens is 292 g/mol. The molecule has 0 radical (unpaired) electrons. The number of rotatable bonds is 6. The SMILES string of the molecule is C[C@@H](Cc1cccc(Cl)c1)C(=O)NCCc1n[nH]c(=O)[nH]1. The third kappa shape index (κ3) is 4.75. The third-order valence-electron chi connectivity index (χ3n) is 3.09. The van der Waals surface area contributed by atoms with Crippen LogP contribution in [0.5, 0.6) is 0 Å². The number of hydrogen-bond acceptors (Lipinski definition) is 3. The van der Waals surface area contributed by atoms with Gasteiger partial charge in [-0.15, -0.1) is 0 Å². The summed E-state index contributed by atoms with van der Waals surface area (Å²) >= 11 is 5.92. The van der Waals surface area contributed by atoms with Crippen molar-refractivity contribution >= 4 is 17.5 Å². The van der Waals surface area contributed by atoms with E-state index >= 15 is 0 Å². The molecule has 2 rings (SSSR count). The maximum atomic E-state index is 12.0. The first-order chi connectivity index (χ1) is 10.0. The number of amides is 1. The predicted octanol–water partition coefficient (Wildman–Crippen LogP) is 1.29. The average molecular weight is 309 g/mol. The first-order valence-corrected chi connectivity index (χ1v) is 7.08. The Labute approximate surface area is 126 Å². The maximum absolute atomic E-state index is 12.0. The summed E-state index contributed by atoms with van der Waals surface area (Å²) in [5.41, 5.74) is 0.687. The van der Waals surface area contributed by atoms with Gasteiger partial charge in [0.05, 0.1) is 0 Å². The Kier molecular flexibility index (Phi) is 5.16. The van der Waals surface area contributed by atoms with Crippen LogP contribution in [-0.4, -0.2) is 27.6 Å². The topological polar surface area (TPSA) is 90.6 Å². The van der Waals surface area contributed by atoms with Gasteiger partial charge in [-0.3, -0.25) is 9.78 Å². The second-order valence-electron chi connectivity index (χ2n) is 4.90. The van der Waals surface area contributed by atoms with Gasteiger partial charge in [-0.05, 0) is 24.1 Å². The Balaban J connectivity index is 1.78. The van der Waals surface area contributed by atoms with E-state index in [0.29, 0.717) is 30.2 Å². The van der Waals surface area contributed by atoms with Gasteiger partial charge in [-0.25, -0.2) is 9.89 Å². The van der Waals surface area contributed by atoms with E-state index in [0.717, 1.165) is 5.56 Å². The van der Waals surface area contributed by atoms with Crippen LogP contribution >= 0.6 is 11.6 Å². The van der Waals surface area contributed by atoms with E-state index in [1.165, 1.54) is 0 Å². The van der Waals surface area contributed by atoms with Crippen molar-refractivity contribution in [3.63, 3.8) is 0 Å². The van der Waals surface area contributed by atoms with Gasteiger partial charge in [0.25, 0.3) is 0 Å². The molecule has 0 fully saturated rings. The van der Waals surface area contributed by atoms with Crippen molar-refractivity contribution in [1.82, 2.24) is 20.5 Å². The van der Waals surface area contributed by atoms with Crippen LogP contribution in [0.4, 0.5) is 0 Å². The first kappa shape index (κ1) is 15.3. The van der Waals surface area contributed by atoms with E-state index in [2.05, 4.69) is 20.5 Å². The van der Waals surface area contributed by atoms with Crippen LogP contribution in [-0.2, 0) is 17.6 Å². The molecule has 1 aromatic heterocycles. The zero-order valence-corrected chi connectivity index (χ0v) is 12.4. The van der Waals surface area contributed by atoms with Crippen molar-refractivity contribution in [2.24, 2.45) is 5.92 Å². The lowest BCUT2D eigenvalue weighted by Crippen LogP contribution is -2.32.